The van der Waals surface area contributed by atoms with E-state index in [2.05, 4.69) is 18.2 Å². The average molecular weight is 289 g/mol. The van der Waals surface area contributed by atoms with Crippen LogP contribution in [0, 0.1) is 0 Å². The van der Waals surface area contributed by atoms with Gasteiger partial charge in [-0.15, -0.1) is 0 Å². The van der Waals surface area contributed by atoms with Gasteiger partial charge in [-0.2, -0.15) is 8.42 Å². The van der Waals surface area contributed by atoms with Crippen molar-refractivity contribution in [3.05, 3.63) is 71.8 Å². The van der Waals surface area contributed by atoms with Crippen molar-refractivity contribution in [3.8, 4) is 0 Å². The molecule has 0 bridgehead atoms. The zero-order valence-electron chi connectivity index (χ0n) is 10.7. The van der Waals surface area contributed by atoms with Gasteiger partial charge in [0.25, 0.3) is 10.1 Å². The molecule has 0 spiro atoms. The monoisotopic (exact) mass is 289 g/mol. The van der Waals surface area contributed by atoms with Gasteiger partial charge in [0.05, 0.1) is 4.90 Å². The fourth-order valence-electron chi connectivity index (χ4n) is 1.87. The van der Waals surface area contributed by atoms with Crippen LogP contribution in [0.5, 0.6) is 0 Å². The van der Waals surface area contributed by atoms with Crippen LogP contribution in [0.15, 0.2) is 65.6 Å². The first-order chi connectivity index (χ1) is 9.48. The molecule has 20 heavy (non-hydrogen) atoms. The third-order valence-corrected chi connectivity index (χ3v) is 3.75. The van der Waals surface area contributed by atoms with Crippen molar-refractivity contribution in [3.63, 3.8) is 0 Å². The van der Waals surface area contributed by atoms with Crippen molar-refractivity contribution in [1.29, 1.82) is 0 Å². The van der Waals surface area contributed by atoms with E-state index in [1.165, 1.54) is 23.3 Å². The Kier molecular flexibility index (Phi) is 4.34. The second-order valence-corrected chi connectivity index (χ2v) is 5.72. The molecule has 3 rings (SSSR count). The van der Waals surface area contributed by atoms with Crippen molar-refractivity contribution in [2.24, 2.45) is 5.73 Å². The molecule has 2 aromatic carbocycles. The van der Waals surface area contributed by atoms with Gasteiger partial charge in [-0.3, -0.25) is 4.55 Å². The van der Waals surface area contributed by atoms with E-state index in [9.17, 15) is 8.42 Å². The minimum Gasteiger partial charge on any atom is -0.321 e. The zero-order valence-corrected chi connectivity index (χ0v) is 11.5. The van der Waals surface area contributed by atoms with Crippen LogP contribution in [0.2, 0.25) is 0 Å². The molecule has 0 radical (unpaired) electrons. The molecule has 0 aromatic heterocycles. The first-order valence-electron chi connectivity index (χ1n) is 6.04. The quantitative estimate of drug-likeness (QED) is 0.791. The molecule has 1 atom stereocenters. The summed E-state index contributed by atoms with van der Waals surface area (Å²) in [6.07, 6.45) is 4.09. The molecule has 1 aliphatic rings. The molecule has 0 amide bonds. The minimum atomic E-state index is -4.00. The SMILES string of the molecule is NC1C=Cc2ccccc21.O=S(=O)(O)c1ccccc1. The summed E-state index contributed by atoms with van der Waals surface area (Å²) in [5, 5.41) is 0. The summed E-state index contributed by atoms with van der Waals surface area (Å²) in [6.45, 7) is 0. The number of rotatable bonds is 1. The second kappa shape index (κ2) is 6.00. The van der Waals surface area contributed by atoms with Crippen LogP contribution in [-0.4, -0.2) is 13.0 Å². The van der Waals surface area contributed by atoms with Crippen molar-refractivity contribution < 1.29 is 13.0 Å². The van der Waals surface area contributed by atoms with Gasteiger partial charge in [-0.05, 0) is 23.3 Å². The van der Waals surface area contributed by atoms with Gasteiger partial charge in [0.15, 0.2) is 0 Å². The molecule has 104 valence electrons. The van der Waals surface area contributed by atoms with Crippen LogP contribution in [-0.2, 0) is 10.1 Å². The molecule has 0 saturated carbocycles. The number of benzene rings is 2. The predicted molar refractivity (Wildman–Crippen MR) is 78.7 cm³/mol. The molecule has 0 fully saturated rings. The van der Waals surface area contributed by atoms with Crippen LogP contribution >= 0.6 is 0 Å². The van der Waals surface area contributed by atoms with Gasteiger partial charge >= 0.3 is 0 Å². The Morgan fingerprint density at radius 3 is 2.10 bits per heavy atom. The molecule has 4 nitrogen and oxygen atoms in total. The maximum Gasteiger partial charge on any atom is 0.294 e. The molecule has 1 aliphatic carbocycles. The lowest BCUT2D eigenvalue weighted by atomic mass is 10.1. The van der Waals surface area contributed by atoms with Crippen LogP contribution < -0.4 is 5.73 Å². The van der Waals surface area contributed by atoms with Gasteiger partial charge in [0.2, 0.25) is 0 Å². The summed E-state index contributed by atoms with van der Waals surface area (Å²) in [4.78, 5) is -0.0741. The van der Waals surface area contributed by atoms with Crippen LogP contribution in [0.1, 0.15) is 17.2 Å². The first kappa shape index (κ1) is 14.5. The Hall–Kier alpha value is -1.95. The Bertz CT molecular complexity index is 709. The van der Waals surface area contributed by atoms with Gasteiger partial charge in [-0.25, -0.2) is 0 Å². The van der Waals surface area contributed by atoms with E-state index in [1.807, 2.05) is 18.2 Å². The first-order valence-corrected chi connectivity index (χ1v) is 7.48. The maximum absolute atomic E-state index is 10.4. The third kappa shape index (κ3) is 3.54. The standard InChI is InChI=1S/C9H9N.C6H6O3S/c10-9-6-5-7-3-1-2-4-8(7)9;7-10(8,9)6-4-2-1-3-5-6/h1-6,9H,10H2;1-5H,(H,7,8,9). The largest absolute Gasteiger partial charge is 0.321 e. The smallest absolute Gasteiger partial charge is 0.294 e. The Morgan fingerprint density at radius 2 is 1.55 bits per heavy atom. The van der Waals surface area contributed by atoms with Crippen LogP contribution in [0.3, 0.4) is 0 Å². The predicted octanol–water partition coefficient (Wildman–Crippen LogP) is 2.65. The number of hydrogen-bond acceptors (Lipinski definition) is 3. The molecule has 0 saturated heterocycles. The average Bonchev–Trinajstić information content (AvgIpc) is 2.82. The number of hydrogen-bond donors (Lipinski definition) is 2. The van der Waals surface area contributed by atoms with Crippen molar-refractivity contribution >= 4 is 16.2 Å². The fraction of sp³-hybridized carbons (Fsp3) is 0.0667. The summed E-state index contributed by atoms with van der Waals surface area (Å²) in [5.74, 6) is 0. The van der Waals surface area contributed by atoms with Gasteiger partial charge in [-0.1, -0.05) is 54.6 Å². The highest BCUT2D eigenvalue weighted by atomic mass is 32.2. The maximum atomic E-state index is 10.4. The normalized spacial score (nSPS) is 16.2. The van der Waals surface area contributed by atoms with Crippen LogP contribution in [0.4, 0.5) is 0 Å². The fourth-order valence-corrected chi connectivity index (χ4v) is 2.37. The van der Waals surface area contributed by atoms with E-state index in [0.717, 1.165) is 0 Å². The highest BCUT2D eigenvalue weighted by Crippen LogP contribution is 2.24. The Balaban J connectivity index is 0.000000147. The summed E-state index contributed by atoms with van der Waals surface area (Å²) in [5.41, 5.74) is 8.26. The molecule has 0 heterocycles. The summed E-state index contributed by atoms with van der Waals surface area (Å²) in [7, 11) is -4.00. The lowest BCUT2D eigenvalue weighted by Gasteiger charge is -2.01. The molecule has 0 aliphatic heterocycles. The van der Waals surface area contributed by atoms with Crippen molar-refractivity contribution in [2.45, 2.75) is 10.9 Å². The summed E-state index contributed by atoms with van der Waals surface area (Å²) < 4.78 is 29.2. The second-order valence-electron chi connectivity index (χ2n) is 4.30. The van der Waals surface area contributed by atoms with Crippen molar-refractivity contribution in [1.82, 2.24) is 0 Å². The summed E-state index contributed by atoms with van der Waals surface area (Å²) >= 11 is 0. The molecule has 5 heteroatoms. The van der Waals surface area contributed by atoms with Crippen molar-refractivity contribution in [2.75, 3.05) is 0 Å². The summed E-state index contributed by atoms with van der Waals surface area (Å²) in [6, 6.07) is 15.7. The lowest BCUT2D eigenvalue weighted by Crippen LogP contribution is -2.03. The van der Waals surface area contributed by atoms with E-state index >= 15 is 0 Å². The Labute approximate surface area is 118 Å². The topological polar surface area (TPSA) is 80.4 Å². The molecular formula is C15H15NO3S. The highest BCUT2D eigenvalue weighted by Gasteiger charge is 2.10. The number of fused-ring (bicyclic) bond motifs is 1. The lowest BCUT2D eigenvalue weighted by molar-refractivity contribution is 0.483. The van der Waals surface area contributed by atoms with Gasteiger partial charge in [0, 0.05) is 6.04 Å². The molecule has 1 unspecified atom stereocenters. The highest BCUT2D eigenvalue weighted by molar-refractivity contribution is 7.85. The molecule has 2 aromatic rings. The van der Waals surface area contributed by atoms with E-state index in [-0.39, 0.29) is 10.9 Å². The van der Waals surface area contributed by atoms with Gasteiger partial charge in [0.1, 0.15) is 0 Å². The van der Waals surface area contributed by atoms with E-state index in [4.69, 9.17) is 10.3 Å². The molecular weight excluding hydrogens is 274 g/mol. The molecule has 3 N–H and O–H groups in total. The van der Waals surface area contributed by atoms with Gasteiger partial charge < -0.3 is 5.73 Å². The Morgan fingerprint density at radius 1 is 0.950 bits per heavy atom. The zero-order chi connectivity index (χ0) is 14.6. The van der Waals surface area contributed by atoms with E-state index < -0.39 is 10.1 Å². The third-order valence-electron chi connectivity index (χ3n) is 2.88. The number of nitrogens with two attached hydrogens (primary N) is 1. The van der Waals surface area contributed by atoms with E-state index in [0.29, 0.717) is 0 Å². The van der Waals surface area contributed by atoms with Crippen LogP contribution in [0.25, 0.3) is 6.08 Å². The van der Waals surface area contributed by atoms with E-state index in [1.54, 1.807) is 18.2 Å². The minimum absolute atomic E-state index is 0.0741.